The van der Waals surface area contributed by atoms with E-state index in [1.54, 1.807) is 33.4 Å². The lowest BCUT2D eigenvalue weighted by atomic mass is 10.0. The van der Waals surface area contributed by atoms with Crippen molar-refractivity contribution in [2.24, 2.45) is 0 Å². The van der Waals surface area contributed by atoms with Gasteiger partial charge in [0.1, 0.15) is 17.3 Å². The minimum absolute atomic E-state index is 0.227. The average molecular weight is 275 g/mol. The number of halogens is 1. The fraction of sp³-hybridized carbons (Fsp3) is 0.250. The maximum Gasteiger partial charge on any atom is 0.130 e. The molecule has 0 bridgehead atoms. The average Bonchev–Trinajstić information content (AvgIpc) is 2.48. The van der Waals surface area contributed by atoms with Gasteiger partial charge in [0, 0.05) is 23.7 Å². The molecule has 106 valence electrons. The summed E-state index contributed by atoms with van der Waals surface area (Å²) in [6.07, 6.45) is 0. The molecule has 1 N–H and O–H groups in total. The summed E-state index contributed by atoms with van der Waals surface area (Å²) >= 11 is 0. The summed E-state index contributed by atoms with van der Waals surface area (Å²) in [6.45, 7) is 0.506. The highest BCUT2D eigenvalue weighted by atomic mass is 19.1. The summed E-state index contributed by atoms with van der Waals surface area (Å²) < 4.78 is 24.5. The van der Waals surface area contributed by atoms with Gasteiger partial charge in [0.25, 0.3) is 0 Å². The van der Waals surface area contributed by atoms with Crippen LogP contribution in [0, 0.1) is 5.82 Å². The fourth-order valence-electron chi connectivity index (χ4n) is 2.09. The highest BCUT2D eigenvalue weighted by Gasteiger charge is 2.10. The van der Waals surface area contributed by atoms with Crippen LogP contribution >= 0.6 is 0 Å². The van der Waals surface area contributed by atoms with Crippen LogP contribution in [0.4, 0.5) is 4.39 Å². The number of benzene rings is 2. The van der Waals surface area contributed by atoms with Crippen LogP contribution in [0.2, 0.25) is 0 Å². The lowest BCUT2D eigenvalue weighted by Gasteiger charge is -2.11. The van der Waals surface area contributed by atoms with Crippen LogP contribution in [-0.4, -0.2) is 21.3 Å². The second kappa shape index (κ2) is 6.39. The molecule has 0 radical (unpaired) electrons. The smallest absolute Gasteiger partial charge is 0.130 e. The zero-order valence-electron chi connectivity index (χ0n) is 11.9. The van der Waals surface area contributed by atoms with E-state index in [2.05, 4.69) is 5.32 Å². The second-order valence-corrected chi connectivity index (χ2v) is 4.40. The molecule has 0 aliphatic rings. The highest BCUT2D eigenvalue weighted by Crippen LogP contribution is 2.33. The Balaban J connectivity index is 2.43. The van der Waals surface area contributed by atoms with Crippen molar-refractivity contribution in [1.82, 2.24) is 5.32 Å². The van der Waals surface area contributed by atoms with Crippen molar-refractivity contribution in [1.29, 1.82) is 0 Å². The predicted octanol–water partition coefficient (Wildman–Crippen LogP) is 3.23. The monoisotopic (exact) mass is 275 g/mol. The summed E-state index contributed by atoms with van der Waals surface area (Å²) in [4.78, 5) is 0. The normalized spacial score (nSPS) is 10.4. The third-order valence-corrected chi connectivity index (χ3v) is 3.14. The van der Waals surface area contributed by atoms with E-state index in [0.29, 0.717) is 23.6 Å². The molecule has 2 aromatic rings. The Kier molecular flexibility index (Phi) is 4.58. The van der Waals surface area contributed by atoms with E-state index < -0.39 is 0 Å². The Labute approximate surface area is 118 Å². The Morgan fingerprint density at radius 2 is 1.85 bits per heavy atom. The number of nitrogens with one attached hydrogen (secondary N) is 1. The summed E-state index contributed by atoms with van der Waals surface area (Å²) in [5.41, 5.74) is 2.26. The van der Waals surface area contributed by atoms with Crippen LogP contribution in [0.1, 0.15) is 5.56 Å². The molecule has 0 aliphatic carbocycles. The van der Waals surface area contributed by atoms with Crippen LogP contribution in [0.25, 0.3) is 11.1 Å². The van der Waals surface area contributed by atoms with Crippen molar-refractivity contribution in [2.75, 3.05) is 21.3 Å². The van der Waals surface area contributed by atoms with Gasteiger partial charge in [-0.3, -0.25) is 0 Å². The van der Waals surface area contributed by atoms with Crippen LogP contribution < -0.4 is 14.8 Å². The van der Waals surface area contributed by atoms with Gasteiger partial charge in [0.2, 0.25) is 0 Å². The van der Waals surface area contributed by atoms with E-state index in [4.69, 9.17) is 9.47 Å². The number of hydrogen-bond donors (Lipinski definition) is 1. The Hall–Kier alpha value is -2.07. The predicted molar refractivity (Wildman–Crippen MR) is 77.7 cm³/mol. The van der Waals surface area contributed by atoms with E-state index >= 15 is 0 Å². The molecule has 2 rings (SSSR count). The van der Waals surface area contributed by atoms with Crippen molar-refractivity contribution < 1.29 is 13.9 Å². The minimum Gasteiger partial charge on any atom is -0.497 e. The van der Waals surface area contributed by atoms with E-state index in [9.17, 15) is 4.39 Å². The summed E-state index contributed by atoms with van der Waals surface area (Å²) in [6, 6.07) is 10.7. The van der Waals surface area contributed by atoms with Crippen molar-refractivity contribution in [2.45, 2.75) is 6.54 Å². The van der Waals surface area contributed by atoms with Crippen molar-refractivity contribution in [3.8, 4) is 22.6 Å². The van der Waals surface area contributed by atoms with Gasteiger partial charge in [0.05, 0.1) is 14.2 Å². The van der Waals surface area contributed by atoms with Gasteiger partial charge in [0.15, 0.2) is 0 Å². The molecule has 3 nitrogen and oxygen atoms in total. The largest absolute Gasteiger partial charge is 0.497 e. The third-order valence-electron chi connectivity index (χ3n) is 3.14. The first-order valence-corrected chi connectivity index (χ1v) is 6.35. The number of rotatable bonds is 5. The van der Waals surface area contributed by atoms with Crippen LogP contribution in [-0.2, 0) is 6.54 Å². The standard InChI is InChI=1S/C16H18FNO2/c1-18-10-12-5-4-11(8-15(12)17)14-7-6-13(19-2)9-16(14)20-3/h4-9,18H,10H2,1-3H3. The topological polar surface area (TPSA) is 30.5 Å². The first-order valence-electron chi connectivity index (χ1n) is 6.35. The Morgan fingerprint density at radius 3 is 2.45 bits per heavy atom. The molecule has 0 amide bonds. The van der Waals surface area contributed by atoms with Crippen molar-refractivity contribution in [3.05, 3.63) is 47.8 Å². The van der Waals surface area contributed by atoms with E-state index in [-0.39, 0.29) is 5.82 Å². The lowest BCUT2D eigenvalue weighted by molar-refractivity contribution is 0.395. The number of methoxy groups -OCH3 is 2. The van der Waals surface area contributed by atoms with Gasteiger partial charge >= 0.3 is 0 Å². The molecule has 0 unspecified atom stereocenters. The van der Waals surface area contributed by atoms with E-state index in [0.717, 1.165) is 11.1 Å². The lowest BCUT2D eigenvalue weighted by Crippen LogP contribution is -2.06. The molecule has 0 atom stereocenters. The molecule has 0 fully saturated rings. The molecule has 2 aromatic carbocycles. The minimum atomic E-state index is -0.227. The van der Waals surface area contributed by atoms with Gasteiger partial charge in [-0.2, -0.15) is 0 Å². The summed E-state index contributed by atoms with van der Waals surface area (Å²) in [5.74, 6) is 1.14. The van der Waals surface area contributed by atoms with E-state index in [1.165, 1.54) is 6.07 Å². The number of ether oxygens (including phenoxy) is 2. The fourth-order valence-corrected chi connectivity index (χ4v) is 2.09. The van der Waals surface area contributed by atoms with Gasteiger partial charge in [-0.05, 0) is 30.8 Å². The molecule has 0 saturated carbocycles. The molecule has 0 heterocycles. The molecular formula is C16H18FNO2. The summed E-state index contributed by atoms with van der Waals surface area (Å²) in [5, 5.41) is 2.94. The summed E-state index contributed by atoms with van der Waals surface area (Å²) in [7, 11) is 4.98. The molecule has 0 aromatic heterocycles. The van der Waals surface area contributed by atoms with Gasteiger partial charge in [-0.25, -0.2) is 4.39 Å². The first kappa shape index (κ1) is 14.3. The van der Waals surface area contributed by atoms with E-state index in [1.807, 2.05) is 18.2 Å². The Bertz CT molecular complexity index is 599. The molecular weight excluding hydrogens is 257 g/mol. The maximum atomic E-state index is 14.0. The third kappa shape index (κ3) is 2.91. The molecule has 0 saturated heterocycles. The van der Waals surface area contributed by atoms with Gasteiger partial charge in [-0.1, -0.05) is 12.1 Å². The van der Waals surface area contributed by atoms with Gasteiger partial charge < -0.3 is 14.8 Å². The quantitative estimate of drug-likeness (QED) is 0.908. The molecule has 4 heteroatoms. The van der Waals surface area contributed by atoms with Crippen LogP contribution in [0.3, 0.4) is 0 Å². The first-order chi connectivity index (χ1) is 9.69. The van der Waals surface area contributed by atoms with Crippen molar-refractivity contribution >= 4 is 0 Å². The number of hydrogen-bond acceptors (Lipinski definition) is 3. The van der Waals surface area contributed by atoms with Crippen LogP contribution in [0.15, 0.2) is 36.4 Å². The zero-order valence-corrected chi connectivity index (χ0v) is 11.9. The molecule has 0 aliphatic heterocycles. The van der Waals surface area contributed by atoms with Crippen LogP contribution in [0.5, 0.6) is 11.5 Å². The molecule has 20 heavy (non-hydrogen) atoms. The Morgan fingerprint density at radius 1 is 1.05 bits per heavy atom. The highest BCUT2D eigenvalue weighted by molar-refractivity contribution is 5.71. The van der Waals surface area contributed by atoms with Crippen molar-refractivity contribution in [3.63, 3.8) is 0 Å². The SMILES string of the molecule is CNCc1ccc(-c2ccc(OC)cc2OC)cc1F. The maximum absolute atomic E-state index is 14.0. The molecule has 0 spiro atoms. The zero-order chi connectivity index (χ0) is 14.5. The second-order valence-electron chi connectivity index (χ2n) is 4.40. The van der Waals surface area contributed by atoms with Gasteiger partial charge in [-0.15, -0.1) is 0 Å².